The van der Waals surface area contributed by atoms with Crippen molar-refractivity contribution in [3.8, 4) is 0 Å². The van der Waals surface area contributed by atoms with E-state index < -0.39 is 0 Å². The number of nitrogens with one attached hydrogen (secondary N) is 1. The van der Waals surface area contributed by atoms with Crippen molar-refractivity contribution < 1.29 is 9.60 Å². The second-order valence-corrected chi connectivity index (χ2v) is 8.92. The highest BCUT2D eigenvalue weighted by atomic mass is 19.1. The fourth-order valence-electron chi connectivity index (χ4n) is 5.50. The van der Waals surface area contributed by atoms with Crippen molar-refractivity contribution in [3.05, 3.63) is 72.2 Å². The predicted molar refractivity (Wildman–Crippen MR) is 117 cm³/mol. The molecular formula is C25H26FN3O. The molecule has 1 heterocycles. The molecule has 154 valence electrons. The maximum absolute atomic E-state index is 13.8. The number of hydrogen-bond acceptors (Lipinski definition) is 3. The number of nitrogens with zero attached hydrogens (tertiary/aromatic N) is 2. The molecule has 0 amide bonds. The quantitative estimate of drug-likeness (QED) is 0.233. The fraction of sp³-hybridized carbons (Fsp3) is 0.360. The van der Waals surface area contributed by atoms with Crippen LogP contribution in [0.1, 0.15) is 50.0 Å². The molecule has 0 unspecified atom stereocenters. The minimum absolute atomic E-state index is 0.201. The second kappa shape index (κ2) is 7.71. The summed E-state index contributed by atoms with van der Waals surface area (Å²) in [5.74, 6) is 1.20. The van der Waals surface area contributed by atoms with E-state index in [-0.39, 0.29) is 11.7 Å². The van der Waals surface area contributed by atoms with Crippen molar-refractivity contribution >= 4 is 22.4 Å². The number of pyridine rings is 1. The first-order valence-electron chi connectivity index (χ1n) is 10.7. The van der Waals surface area contributed by atoms with Crippen molar-refractivity contribution in [1.82, 2.24) is 4.98 Å². The van der Waals surface area contributed by atoms with Crippen LogP contribution in [-0.2, 0) is 0 Å². The average Bonchev–Trinajstić information content (AvgIpc) is 2.76. The molecule has 0 bridgehead atoms. The molecule has 5 rings (SSSR count). The first-order chi connectivity index (χ1) is 14.7. The summed E-state index contributed by atoms with van der Waals surface area (Å²) in [4.78, 5) is 4.40. The molecule has 3 aromatic rings. The van der Waals surface area contributed by atoms with Gasteiger partial charge in [-0.15, -0.1) is 0 Å². The van der Waals surface area contributed by atoms with Crippen molar-refractivity contribution in [1.29, 1.82) is 0 Å². The molecule has 5 heteroatoms. The van der Waals surface area contributed by atoms with E-state index >= 15 is 0 Å². The Morgan fingerprint density at radius 3 is 2.57 bits per heavy atom. The molecule has 2 aliphatic carbocycles. The molecule has 2 aliphatic rings. The number of hydrogen-bond donors (Lipinski definition) is 2. The zero-order valence-electron chi connectivity index (χ0n) is 16.9. The Morgan fingerprint density at radius 1 is 1.07 bits per heavy atom. The topological polar surface area (TPSA) is 57.5 Å². The number of rotatable bonds is 3. The summed E-state index contributed by atoms with van der Waals surface area (Å²) in [6, 6.07) is 16.8. The van der Waals surface area contributed by atoms with Crippen molar-refractivity contribution in [3.63, 3.8) is 0 Å². The molecule has 0 radical (unpaired) electrons. The van der Waals surface area contributed by atoms with Crippen molar-refractivity contribution in [2.24, 2.45) is 16.5 Å². The highest BCUT2D eigenvalue weighted by Crippen LogP contribution is 2.57. The third-order valence-electron chi connectivity index (χ3n) is 7.12. The lowest BCUT2D eigenvalue weighted by Crippen LogP contribution is -2.45. The average molecular weight is 404 g/mol. The van der Waals surface area contributed by atoms with Gasteiger partial charge in [-0.25, -0.2) is 4.39 Å². The van der Waals surface area contributed by atoms with Gasteiger partial charge in [0, 0.05) is 23.2 Å². The summed E-state index contributed by atoms with van der Waals surface area (Å²) in [7, 11) is 0. The number of halogens is 1. The Kier molecular flexibility index (Phi) is 4.89. The number of fused-ring (bicyclic) bond motifs is 1. The summed E-state index contributed by atoms with van der Waals surface area (Å²) in [5, 5.41) is 17.3. The molecule has 30 heavy (non-hydrogen) atoms. The third-order valence-corrected chi connectivity index (χ3v) is 7.12. The molecule has 0 aliphatic heterocycles. The molecular weight excluding hydrogens is 377 g/mol. The molecule has 0 atom stereocenters. The van der Waals surface area contributed by atoms with E-state index in [1.165, 1.54) is 11.6 Å². The van der Waals surface area contributed by atoms with Crippen LogP contribution >= 0.6 is 0 Å². The summed E-state index contributed by atoms with van der Waals surface area (Å²) < 4.78 is 13.8. The van der Waals surface area contributed by atoms with Gasteiger partial charge in [-0.3, -0.25) is 4.98 Å². The van der Waals surface area contributed by atoms with E-state index in [4.69, 9.17) is 0 Å². The zero-order chi connectivity index (χ0) is 20.6. The number of para-hydroxylation sites is 1. The Hall–Kier alpha value is -2.95. The molecule has 2 aromatic carbocycles. The van der Waals surface area contributed by atoms with E-state index in [2.05, 4.69) is 21.5 Å². The molecule has 4 nitrogen and oxygen atoms in total. The number of amidine groups is 1. The highest BCUT2D eigenvalue weighted by Gasteiger charge is 2.48. The molecule has 2 N–H and O–H groups in total. The van der Waals surface area contributed by atoms with Gasteiger partial charge in [-0.1, -0.05) is 23.4 Å². The Bertz CT molecular complexity index is 1070. The number of anilines is 1. The summed E-state index contributed by atoms with van der Waals surface area (Å²) in [6.07, 6.45) is 8.52. The minimum Gasteiger partial charge on any atom is -0.409 e. The lowest BCUT2D eigenvalue weighted by molar-refractivity contribution is 0.0388. The summed E-state index contributed by atoms with van der Waals surface area (Å²) in [5.41, 5.74) is 3.40. The summed E-state index contributed by atoms with van der Waals surface area (Å²) in [6.45, 7) is 0. The fourth-order valence-corrected chi connectivity index (χ4v) is 5.50. The van der Waals surface area contributed by atoms with E-state index in [1.54, 1.807) is 12.1 Å². The second-order valence-electron chi connectivity index (χ2n) is 8.92. The van der Waals surface area contributed by atoms with Crippen LogP contribution in [0.25, 0.3) is 10.9 Å². The Morgan fingerprint density at radius 2 is 1.83 bits per heavy atom. The van der Waals surface area contributed by atoms with Crippen LogP contribution in [-0.4, -0.2) is 16.0 Å². The smallest absolute Gasteiger partial charge is 0.149 e. The normalized spacial score (nSPS) is 26.5. The highest BCUT2D eigenvalue weighted by molar-refractivity contribution is 5.97. The number of benzene rings is 2. The monoisotopic (exact) mass is 403 g/mol. The van der Waals surface area contributed by atoms with Crippen LogP contribution in [0.3, 0.4) is 0 Å². The van der Waals surface area contributed by atoms with Crippen molar-refractivity contribution in [2.75, 3.05) is 5.32 Å². The minimum atomic E-state index is -0.201. The van der Waals surface area contributed by atoms with Gasteiger partial charge in [0.15, 0.2) is 0 Å². The molecule has 0 saturated heterocycles. The lowest BCUT2D eigenvalue weighted by Gasteiger charge is -2.51. The Labute approximate surface area is 175 Å². The van der Waals surface area contributed by atoms with Gasteiger partial charge < -0.3 is 10.5 Å². The predicted octanol–water partition coefficient (Wildman–Crippen LogP) is 6.33. The standard InChI is InChI=1S/C25H26FN3O/c26-19-6-7-23-22(14-19)21(10-13-27-23)17-8-11-25(12-9-17)15-18(16-25)24(29-30)28-20-4-2-1-3-5-20/h1-7,10,13-14,17-18,30H,8-9,11-12,15-16H2,(H,28,29). The van der Waals surface area contributed by atoms with Crippen LogP contribution in [0.15, 0.2) is 65.9 Å². The Balaban J connectivity index is 1.24. The number of oxime groups is 1. The van der Waals surface area contributed by atoms with Gasteiger partial charge in [0.25, 0.3) is 0 Å². The zero-order valence-corrected chi connectivity index (χ0v) is 16.9. The van der Waals surface area contributed by atoms with Crippen LogP contribution in [0.5, 0.6) is 0 Å². The third kappa shape index (κ3) is 3.53. The van der Waals surface area contributed by atoms with Crippen LogP contribution in [0.2, 0.25) is 0 Å². The van der Waals surface area contributed by atoms with E-state index in [9.17, 15) is 9.60 Å². The maximum atomic E-state index is 13.8. The molecule has 2 fully saturated rings. The van der Waals surface area contributed by atoms with Gasteiger partial charge in [0.05, 0.1) is 5.52 Å². The van der Waals surface area contributed by atoms with E-state index in [1.807, 2.05) is 36.5 Å². The van der Waals surface area contributed by atoms with Gasteiger partial charge in [0.2, 0.25) is 0 Å². The van der Waals surface area contributed by atoms with E-state index in [0.29, 0.717) is 17.2 Å². The number of aromatic nitrogens is 1. The van der Waals surface area contributed by atoms with Gasteiger partial charge >= 0.3 is 0 Å². The van der Waals surface area contributed by atoms with Gasteiger partial charge in [-0.05, 0) is 91.8 Å². The van der Waals surface area contributed by atoms with Crippen molar-refractivity contribution in [2.45, 2.75) is 44.4 Å². The molecule has 1 spiro atoms. The first kappa shape index (κ1) is 19.0. The van der Waals surface area contributed by atoms with Gasteiger partial charge in [0.1, 0.15) is 11.7 Å². The molecule has 1 aromatic heterocycles. The molecule has 2 saturated carbocycles. The largest absolute Gasteiger partial charge is 0.409 e. The lowest BCUT2D eigenvalue weighted by atomic mass is 9.54. The van der Waals surface area contributed by atoms with E-state index in [0.717, 1.165) is 55.1 Å². The van der Waals surface area contributed by atoms with Gasteiger partial charge in [-0.2, -0.15) is 0 Å². The van der Waals surface area contributed by atoms with Crippen LogP contribution in [0.4, 0.5) is 10.1 Å². The maximum Gasteiger partial charge on any atom is 0.149 e. The summed E-state index contributed by atoms with van der Waals surface area (Å²) >= 11 is 0. The SMILES string of the molecule is O/N=C(\Nc1ccccc1)C1CC2(CCC(c3ccnc4ccc(F)cc34)CC2)C1. The first-order valence-corrected chi connectivity index (χ1v) is 10.7. The van der Waals surface area contributed by atoms with Crippen LogP contribution in [0, 0.1) is 17.2 Å². The van der Waals surface area contributed by atoms with Crippen LogP contribution < -0.4 is 5.32 Å².